The molecule has 0 bridgehead atoms. The summed E-state index contributed by atoms with van der Waals surface area (Å²) < 4.78 is 0. The lowest BCUT2D eigenvalue weighted by Crippen LogP contribution is -2.31. The summed E-state index contributed by atoms with van der Waals surface area (Å²) in [6.45, 7) is 11.8. The lowest BCUT2D eigenvalue weighted by molar-refractivity contribution is 0.0965. The van der Waals surface area contributed by atoms with E-state index in [1.165, 1.54) is 0 Å². The van der Waals surface area contributed by atoms with Gasteiger partial charge in [-0.2, -0.15) is 15.0 Å². The van der Waals surface area contributed by atoms with Crippen LogP contribution < -0.4 is 26.2 Å². The largest absolute Gasteiger partial charge is 0.350 e. The van der Waals surface area contributed by atoms with Gasteiger partial charge in [0, 0.05) is 49.5 Å². The van der Waals surface area contributed by atoms with Crippen LogP contribution in [0.3, 0.4) is 0 Å². The van der Waals surface area contributed by atoms with E-state index in [1.54, 1.807) is 0 Å². The van der Waals surface area contributed by atoms with E-state index in [-0.39, 0.29) is 11.3 Å². The molecule has 9 nitrogen and oxygen atoms in total. The van der Waals surface area contributed by atoms with Gasteiger partial charge in [0.1, 0.15) is 0 Å². The van der Waals surface area contributed by atoms with E-state index >= 15 is 0 Å². The van der Waals surface area contributed by atoms with Crippen LogP contribution in [0.5, 0.6) is 0 Å². The third-order valence-corrected chi connectivity index (χ3v) is 5.50. The smallest absolute Gasteiger partial charge is 0.251 e. The summed E-state index contributed by atoms with van der Waals surface area (Å²) in [7, 11) is 2.00. The van der Waals surface area contributed by atoms with Gasteiger partial charge >= 0.3 is 0 Å². The van der Waals surface area contributed by atoms with E-state index in [0.717, 1.165) is 42.9 Å². The molecule has 9 heteroatoms. The van der Waals surface area contributed by atoms with Crippen molar-refractivity contribution in [2.24, 2.45) is 5.41 Å². The second-order valence-electron chi connectivity index (χ2n) is 9.62. The van der Waals surface area contributed by atoms with Crippen LogP contribution in [0.15, 0.2) is 12.1 Å². The van der Waals surface area contributed by atoms with Crippen LogP contribution in [0.25, 0.3) is 0 Å². The van der Waals surface area contributed by atoms with Crippen LogP contribution in [0.2, 0.25) is 0 Å². The zero-order valence-electron chi connectivity index (χ0n) is 19.0. The molecule has 0 radical (unpaired) electrons. The maximum absolute atomic E-state index is 12.1. The molecule has 1 atom stereocenters. The van der Waals surface area contributed by atoms with Crippen molar-refractivity contribution in [3.8, 4) is 0 Å². The molecule has 31 heavy (non-hydrogen) atoms. The minimum Gasteiger partial charge on any atom is -0.350 e. The number of benzene rings is 1. The molecule has 0 unspecified atom stereocenters. The molecule has 1 fully saturated rings. The second-order valence-corrected chi connectivity index (χ2v) is 9.62. The van der Waals surface area contributed by atoms with Crippen LogP contribution in [-0.4, -0.2) is 53.6 Å². The van der Waals surface area contributed by atoms with E-state index in [0.29, 0.717) is 36.0 Å². The van der Waals surface area contributed by atoms with Gasteiger partial charge in [0.25, 0.3) is 5.91 Å². The summed E-state index contributed by atoms with van der Waals surface area (Å²) in [5, 5.41) is 13.1. The summed E-state index contributed by atoms with van der Waals surface area (Å²) in [6, 6.07) is 4.11. The summed E-state index contributed by atoms with van der Waals surface area (Å²) in [6.07, 6.45) is 1.03. The normalized spacial score (nSPS) is 18.0. The Morgan fingerprint density at radius 2 is 1.97 bits per heavy atom. The monoisotopic (exact) mass is 424 g/mol. The van der Waals surface area contributed by atoms with E-state index in [1.807, 2.05) is 26.1 Å². The van der Waals surface area contributed by atoms with Crippen LogP contribution in [-0.2, 0) is 6.54 Å². The predicted octanol–water partition coefficient (Wildman–Crippen LogP) is 2.42. The topological polar surface area (TPSA) is 107 Å². The summed E-state index contributed by atoms with van der Waals surface area (Å²) >= 11 is 0. The highest BCUT2D eigenvalue weighted by Gasteiger charge is 2.24. The average Bonchev–Trinajstić information content (AvgIpc) is 3.32. The Morgan fingerprint density at radius 3 is 2.68 bits per heavy atom. The minimum atomic E-state index is -0.0459. The molecule has 0 aliphatic carbocycles. The van der Waals surface area contributed by atoms with E-state index in [9.17, 15) is 4.79 Å². The Hall–Kier alpha value is -2.94. The van der Waals surface area contributed by atoms with Gasteiger partial charge in [-0.25, -0.2) is 0 Å². The maximum Gasteiger partial charge on any atom is 0.251 e. The highest BCUT2D eigenvalue weighted by Crippen LogP contribution is 2.30. The number of nitrogens with one attached hydrogen (secondary N) is 4. The number of carbonyl (C=O) groups excluding carboxylic acids is 1. The highest BCUT2D eigenvalue weighted by molar-refractivity contribution is 6.00. The Labute approximate surface area is 183 Å². The van der Waals surface area contributed by atoms with Crippen molar-refractivity contribution in [3.05, 3.63) is 28.8 Å². The molecule has 0 saturated carbocycles. The summed E-state index contributed by atoms with van der Waals surface area (Å²) in [5.41, 5.74) is 3.66. The quantitative estimate of drug-likeness (QED) is 0.560. The molecule has 0 spiro atoms. The zero-order chi connectivity index (χ0) is 22.2. The molecule has 4 rings (SSSR count). The fourth-order valence-corrected chi connectivity index (χ4v) is 4.11. The molecule has 1 aromatic heterocycles. The number of fused-ring (bicyclic) bond motifs is 1. The first kappa shape index (κ1) is 21.3. The standard InChI is InChI=1S/C22H32N8O/c1-13-6-7-15-16(11-24-18(15)31)17(13)26-20-27-19(25-14-8-9-23-10-14)28-21(29-20)30(5)12-22(2,3)4/h6-7,14,23H,8-12H2,1-5H3,(H,24,31)(H2,25,26,27,28,29)/t14-/m0/s1. The molecular weight excluding hydrogens is 392 g/mol. The van der Waals surface area contributed by atoms with Crippen molar-refractivity contribution in [1.82, 2.24) is 25.6 Å². The number of amides is 1. The predicted molar refractivity (Wildman–Crippen MR) is 123 cm³/mol. The first-order valence-electron chi connectivity index (χ1n) is 10.8. The van der Waals surface area contributed by atoms with Gasteiger partial charge in [-0.05, 0) is 36.9 Å². The summed E-state index contributed by atoms with van der Waals surface area (Å²) in [4.78, 5) is 28.2. The minimum absolute atomic E-state index is 0.0459. The lowest BCUT2D eigenvalue weighted by Gasteiger charge is -2.27. The lowest BCUT2D eigenvalue weighted by atomic mass is 9.96. The second kappa shape index (κ2) is 8.30. The molecular formula is C22H32N8O. The molecule has 3 heterocycles. The summed E-state index contributed by atoms with van der Waals surface area (Å²) in [5.74, 6) is 1.59. The van der Waals surface area contributed by atoms with Crippen LogP contribution in [0.4, 0.5) is 23.5 Å². The fraction of sp³-hybridized carbons (Fsp3) is 0.545. The van der Waals surface area contributed by atoms with Gasteiger partial charge in [-0.15, -0.1) is 0 Å². The van der Waals surface area contributed by atoms with Gasteiger partial charge in [-0.1, -0.05) is 26.8 Å². The number of carbonyl (C=O) groups is 1. The molecule has 2 aromatic rings. The molecule has 166 valence electrons. The molecule has 1 saturated heterocycles. The van der Waals surface area contributed by atoms with Crippen molar-refractivity contribution >= 4 is 29.4 Å². The third kappa shape index (κ3) is 4.87. The van der Waals surface area contributed by atoms with Crippen LogP contribution >= 0.6 is 0 Å². The Morgan fingerprint density at radius 1 is 1.19 bits per heavy atom. The van der Waals surface area contributed by atoms with Crippen molar-refractivity contribution in [3.63, 3.8) is 0 Å². The molecule has 2 aliphatic heterocycles. The Bertz CT molecular complexity index is 978. The first-order valence-corrected chi connectivity index (χ1v) is 10.8. The molecule has 1 aromatic carbocycles. The number of rotatable bonds is 6. The zero-order valence-corrected chi connectivity index (χ0v) is 19.0. The third-order valence-electron chi connectivity index (χ3n) is 5.50. The van der Waals surface area contributed by atoms with Gasteiger partial charge < -0.3 is 26.2 Å². The Balaban J connectivity index is 1.68. The maximum atomic E-state index is 12.1. The van der Waals surface area contributed by atoms with Crippen molar-refractivity contribution in [1.29, 1.82) is 0 Å². The number of hydrogen-bond donors (Lipinski definition) is 4. The number of hydrogen-bond acceptors (Lipinski definition) is 8. The van der Waals surface area contributed by atoms with Crippen LogP contribution in [0, 0.1) is 12.3 Å². The Kier molecular flexibility index (Phi) is 5.70. The molecule has 4 N–H and O–H groups in total. The SMILES string of the molecule is Cc1ccc2c(c1Nc1nc(N[C@H]3CCNC3)nc(N(C)CC(C)(C)C)n1)CNC2=O. The number of anilines is 4. The van der Waals surface area contributed by atoms with Gasteiger partial charge in [0.15, 0.2) is 0 Å². The molecule has 2 aliphatic rings. The van der Waals surface area contributed by atoms with E-state index in [2.05, 4.69) is 56.9 Å². The average molecular weight is 425 g/mol. The van der Waals surface area contributed by atoms with Crippen molar-refractivity contribution in [2.45, 2.75) is 46.7 Å². The fourth-order valence-electron chi connectivity index (χ4n) is 4.11. The van der Waals surface area contributed by atoms with Gasteiger partial charge in [0.2, 0.25) is 17.8 Å². The van der Waals surface area contributed by atoms with Crippen molar-refractivity contribution < 1.29 is 4.79 Å². The van der Waals surface area contributed by atoms with E-state index < -0.39 is 0 Å². The first-order chi connectivity index (χ1) is 14.7. The highest BCUT2D eigenvalue weighted by atomic mass is 16.1. The molecule has 1 amide bonds. The van der Waals surface area contributed by atoms with Crippen LogP contribution in [0.1, 0.15) is 48.7 Å². The number of aryl methyl sites for hydroxylation is 1. The van der Waals surface area contributed by atoms with E-state index in [4.69, 9.17) is 4.98 Å². The van der Waals surface area contributed by atoms with Crippen molar-refractivity contribution in [2.75, 3.05) is 42.2 Å². The number of nitrogens with zero attached hydrogens (tertiary/aromatic N) is 4. The van der Waals surface area contributed by atoms with Gasteiger partial charge in [-0.3, -0.25) is 4.79 Å². The number of aromatic nitrogens is 3. The van der Waals surface area contributed by atoms with Gasteiger partial charge in [0.05, 0.1) is 0 Å².